The van der Waals surface area contributed by atoms with Gasteiger partial charge in [0, 0.05) is 5.56 Å². The van der Waals surface area contributed by atoms with Crippen molar-refractivity contribution in [3.63, 3.8) is 0 Å². The van der Waals surface area contributed by atoms with Gasteiger partial charge in [-0.3, -0.25) is 0 Å². The second kappa shape index (κ2) is 9.47. The van der Waals surface area contributed by atoms with Gasteiger partial charge in [-0.15, -0.1) is 0 Å². The Morgan fingerprint density at radius 1 is 0.929 bits per heavy atom. The van der Waals surface area contributed by atoms with Gasteiger partial charge >= 0.3 is 0 Å². The Morgan fingerprint density at radius 2 is 1.50 bits per heavy atom. The van der Waals surface area contributed by atoms with Gasteiger partial charge in [0.25, 0.3) is 0 Å². The molecule has 3 fully saturated rings. The minimum Gasteiger partial charge on any atom is -0.368 e. The summed E-state index contributed by atoms with van der Waals surface area (Å²) in [6.45, 7) is 2.95. The third-order valence-electron chi connectivity index (χ3n) is 7.84. The van der Waals surface area contributed by atoms with E-state index >= 15 is 0 Å². The van der Waals surface area contributed by atoms with Crippen LogP contribution in [0, 0.1) is 29.5 Å². The fourth-order valence-electron chi connectivity index (χ4n) is 5.94. The van der Waals surface area contributed by atoms with Crippen molar-refractivity contribution in [1.29, 1.82) is 0 Å². The molecule has 1 saturated heterocycles. The van der Waals surface area contributed by atoms with Crippen molar-refractivity contribution in [2.24, 2.45) is 23.7 Å². The van der Waals surface area contributed by atoms with Gasteiger partial charge in [0.15, 0.2) is 0 Å². The highest BCUT2D eigenvalue weighted by molar-refractivity contribution is 6.31. The Hall–Kier alpha value is -0.600. The van der Waals surface area contributed by atoms with Crippen molar-refractivity contribution >= 4 is 11.6 Å². The molecule has 1 heterocycles. The first-order valence-electron chi connectivity index (χ1n) is 11.7. The van der Waals surface area contributed by atoms with Crippen LogP contribution in [-0.4, -0.2) is 6.61 Å². The molecule has 0 aromatic heterocycles. The summed E-state index contributed by atoms with van der Waals surface area (Å²) in [6, 6.07) is 3.89. The smallest absolute Gasteiger partial charge is 0.147 e. The van der Waals surface area contributed by atoms with E-state index in [0.717, 1.165) is 42.1 Å². The molecule has 1 nitrogen and oxygen atoms in total. The van der Waals surface area contributed by atoms with E-state index < -0.39 is 0 Å². The SMILES string of the molecule is CCCC1CCC(C2CCC(CCc3ccc(C4CO4)c(F)c3Cl)CC2)CC1. The van der Waals surface area contributed by atoms with Gasteiger partial charge in [-0.25, -0.2) is 4.39 Å². The maximum Gasteiger partial charge on any atom is 0.147 e. The molecular formula is C25H36ClFO. The standard InChI is InChI=1S/C25H36ClFO/c1-2-3-17-4-9-19(10-5-17)20-11-6-18(7-12-20)8-13-21-14-15-22(23-16-28-23)25(27)24(21)26/h14-15,17-20,23H,2-13,16H2,1H3. The molecule has 0 radical (unpaired) electrons. The van der Waals surface area contributed by atoms with Crippen molar-refractivity contribution in [3.05, 3.63) is 34.1 Å². The predicted molar refractivity (Wildman–Crippen MR) is 114 cm³/mol. The fourth-order valence-corrected chi connectivity index (χ4v) is 6.20. The van der Waals surface area contributed by atoms with E-state index in [1.807, 2.05) is 12.1 Å². The van der Waals surface area contributed by atoms with Gasteiger partial charge in [-0.1, -0.05) is 69.2 Å². The van der Waals surface area contributed by atoms with Crippen LogP contribution in [0.2, 0.25) is 5.02 Å². The second-order valence-corrected chi connectivity index (χ2v) is 10.0. The third kappa shape index (κ3) is 4.93. The van der Waals surface area contributed by atoms with E-state index in [1.54, 1.807) is 0 Å². The van der Waals surface area contributed by atoms with Crippen LogP contribution >= 0.6 is 11.6 Å². The zero-order chi connectivity index (χ0) is 19.5. The van der Waals surface area contributed by atoms with Gasteiger partial charge in [0.1, 0.15) is 11.9 Å². The Morgan fingerprint density at radius 3 is 2.04 bits per heavy atom. The van der Waals surface area contributed by atoms with Crippen LogP contribution in [0.1, 0.15) is 94.8 Å². The molecule has 1 aromatic rings. The minimum absolute atomic E-state index is 0.0705. The maximum absolute atomic E-state index is 14.4. The highest BCUT2D eigenvalue weighted by Gasteiger charge is 2.31. The quantitative estimate of drug-likeness (QED) is 0.419. The zero-order valence-corrected chi connectivity index (χ0v) is 18.2. The lowest BCUT2D eigenvalue weighted by Crippen LogP contribution is -2.26. The first-order chi connectivity index (χ1) is 13.7. The Kier molecular flexibility index (Phi) is 6.99. The van der Waals surface area contributed by atoms with E-state index in [1.165, 1.54) is 64.2 Å². The van der Waals surface area contributed by atoms with Crippen LogP contribution in [-0.2, 0) is 11.2 Å². The van der Waals surface area contributed by atoms with Gasteiger partial charge in [-0.2, -0.15) is 0 Å². The Balaban J connectivity index is 1.21. The Labute approximate surface area is 175 Å². The molecule has 1 aliphatic heterocycles. The molecule has 156 valence electrons. The lowest BCUT2D eigenvalue weighted by molar-refractivity contribution is 0.141. The number of benzene rings is 1. The van der Waals surface area contributed by atoms with Gasteiger partial charge in [0.05, 0.1) is 11.6 Å². The summed E-state index contributed by atoms with van der Waals surface area (Å²) in [7, 11) is 0. The average Bonchev–Trinajstić information content (AvgIpc) is 3.56. The summed E-state index contributed by atoms with van der Waals surface area (Å²) >= 11 is 6.32. The first-order valence-corrected chi connectivity index (χ1v) is 12.1. The van der Waals surface area contributed by atoms with Crippen LogP contribution in [0.5, 0.6) is 0 Å². The van der Waals surface area contributed by atoms with E-state index in [-0.39, 0.29) is 11.9 Å². The summed E-state index contributed by atoms with van der Waals surface area (Å²) in [5.41, 5.74) is 1.60. The van der Waals surface area contributed by atoms with E-state index in [2.05, 4.69) is 6.92 Å². The molecule has 3 heteroatoms. The number of halogens is 2. The average molecular weight is 407 g/mol. The number of epoxide rings is 1. The molecule has 28 heavy (non-hydrogen) atoms. The minimum atomic E-state index is -0.260. The van der Waals surface area contributed by atoms with Gasteiger partial charge < -0.3 is 4.74 Å². The number of hydrogen-bond donors (Lipinski definition) is 0. The van der Waals surface area contributed by atoms with Gasteiger partial charge in [-0.05, 0) is 67.8 Å². The molecule has 1 unspecified atom stereocenters. The summed E-state index contributed by atoms with van der Waals surface area (Å²) in [6.07, 6.45) is 16.2. The molecular weight excluding hydrogens is 371 g/mol. The summed E-state index contributed by atoms with van der Waals surface area (Å²) < 4.78 is 19.6. The van der Waals surface area contributed by atoms with Crippen LogP contribution in [0.4, 0.5) is 4.39 Å². The highest BCUT2D eigenvalue weighted by Crippen LogP contribution is 2.43. The van der Waals surface area contributed by atoms with E-state index in [4.69, 9.17) is 16.3 Å². The van der Waals surface area contributed by atoms with Crippen molar-refractivity contribution in [1.82, 2.24) is 0 Å². The number of aryl methyl sites for hydroxylation is 1. The van der Waals surface area contributed by atoms with Crippen molar-refractivity contribution in [2.75, 3.05) is 6.61 Å². The lowest BCUT2D eigenvalue weighted by atomic mass is 9.68. The third-order valence-corrected chi connectivity index (χ3v) is 8.25. The molecule has 3 aliphatic rings. The fraction of sp³-hybridized carbons (Fsp3) is 0.760. The molecule has 2 saturated carbocycles. The number of hydrogen-bond acceptors (Lipinski definition) is 1. The Bertz CT molecular complexity index is 640. The molecule has 0 spiro atoms. The molecule has 0 bridgehead atoms. The van der Waals surface area contributed by atoms with E-state index in [0.29, 0.717) is 17.2 Å². The van der Waals surface area contributed by atoms with Crippen molar-refractivity contribution in [3.8, 4) is 0 Å². The van der Waals surface area contributed by atoms with Gasteiger partial charge in [0.2, 0.25) is 0 Å². The molecule has 4 rings (SSSR count). The van der Waals surface area contributed by atoms with Crippen molar-refractivity contribution in [2.45, 2.75) is 90.1 Å². The summed E-state index contributed by atoms with van der Waals surface area (Å²) in [5, 5.41) is 0.325. The molecule has 0 amide bonds. The van der Waals surface area contributed by atoms with Crippen LogP contribution in [0.3, 0.4) is 0 Å². The van der Waals surface area contributed by atoms with Crippen LogP contribution in [0.25, 0.3) is 0 Å². The topological polar surface area (TPSA) is 12.5 Å². The number of rotatable bonds is 7. The molecule has 1 atom stereocenters. The van der Waals surface area contributed by atoms with Crippen LogP contribution < -0.4 is 0 Å². The van der Waals surface area contributed by atoms with E-state index in [9.17, 15) is 4.39 Å². The van der Waals surface area contributed by atoms with Crippen molar-refractivity contribution < 1.29 is 9.13 Å². The maximum atomic E-state index is 14.4. The monoisotopic (exact) mass is 406 g/mol. The largest absolute Gasteiger partial charge is 0.368 e. The molecule has 0 N–H and O–H groups in total. The summed E-state index contributed by atoms with van der Waals surface area (Å²) in [5.74, 6) is 3.51. The second-order valence-electron chi connectivity index (χ2n) is 9.65. The molecule has 1 aromatic carbocycles. The summed E-state index contributed by atoms with van der Waals surface area (Å²) in [4.78, 5) is 0. The predicted octanol–water partition coefficient (Wildman–Crippen LogP) is 7.90. The number of ether oxygens (including phenoxy) is 1. The highest BCUT2D eigenvalue weighted by atomic mass is 35.5. The zero-order valence-electron chi connectivity index (χ0n) is 17.4. The lowest BCUT2D eigenvalue weighted by Gasteiger charge is -2.38. The normalized spacial score (nSPS) is 33.0. The first kappa shape index (κ1) is 20.7. The molecule has 2 aliphatic carbocycles. The van der Waals surface area contributed by atoms with Crippen LogP contribution in [0.15, 0.2) is 12.1 Å².